The van der Waals surface area contributed by atoms with Gasteiger partial charge in [-0.15, -0.1) is 0 Å². The highest BCUT2D eigenvalue weighted by atomic mass is 16.2. The molecule has 1 unspecified atom stereocenters. The average Bonchev–Trinajstić information content (AvgIpc) is 3.15. The number of carbonyl (C=O) groups excluding carboxylic acids is 2. The van der Waals surface area contributed by atoms with Crippen molar-refractivity contribution in [3.63, 3.8) is 0 Å². The number of nitrogens with one attached hydrogen (secondary N) is 2. The minimum absolute atomic E-state index is 0.0633. The molecule has 3 rings (SSSR count). The Hall–Kier alpha value is -2.04. The molecular formula is C18H25N3O2. The third-order valence-electron chi connectivity index (χ3n) is 4.92. The average molecular weight is 315 g/mol. The van der Waals surface area contributed by atoms with Crippen LogP contribution >= 0.6 is 0 Å². The topological polar surface area (TPSA) is 61.4 Å². The standard InChI is InChI=1S/C18H25N3O2/c1-13(22)21-12-14(16-8-4-5-9-17(16)21)10-11-19-18(23)20-15-6-2-3-7-15/h4-5,8-9,14-15H,2-3,6-7,10-12H2,1H3,(H2,19,20,23). The predicted molar refractivity (Wildman–Crippen MR) is 90.6 cm³/mol. The zero-order chi connectivity index (χ0) is 16.2. The van der Waals surface area contributed by atoms with Crippen molar-refractivity contribution in [2.24, 2.45) is 0 Å². The SMILES string of the molecule is CC(=O)N1CC(CCNC(=O)NC2CCCC2)c2ccccc21. The lowest BCUT2D eigenvalue weighted by molar-refractivity contribution is -0.116. The number of para-hydroxylation sites is 1. The van der Waals surface area contributed by atoms with Gasteiger partial charge < -0.3 is 15.5 Å². The van der Waals surface area contributed by atoms with E-state index in [9.17, 15) is 9.59 Å². The van der Waals surface area contributed by atoms with E-state index in [-0.39, 0.29) is 11.9 Å². The smallest absolute Gasteiger partial charge is 0.315 e. The van der Waals surface area contributed by atoms with Crippen molar-refractivity contribution < 1.29 is 9.59 Å². The molecule has 1 saturated carbocycles. The highest BCUT2D eigenvalue weighted by molar-refractivity contribution is 5.94. The molecule has 124 valence electrons. The molecule has 0 bridgehead atoms. The number of benzene rings is 1. The normalized spacial score (nSPS) is 20.4. The van der Waals surface area contributed by atoms with E-state index in [0.29, 0.717) is 25.0 Å². The van der Waals surface area contributed by atoms with Crippen LogP contribution in [0, 0.1) is 0 Å². The van der Waals surface area contributed by atoms with Gasteiger partial charge in [0.05, 0.1) is 0 Å². The first kappa shape index (κ1) is 15.8. The summed E-state index contributed by atoms with van der Waals surface area (Å²) in [5, 5.41) is 5.99. The molecule has 5 nitrogen and oxygen atoms in total. The summed E-state index contributed by atoms with van der Waals surface area (Å²) in [6.45, 7) is 2.94. The van der Waals surface area contributed by atoms with E-state index in [4.69, 9.17) is 0 Å². The molecule has 1 atom stereocenters. The number of rotatable bonds is 4. The van der Waals surface area contributed by atoms with E-state index in [0.717, 1.165) is 24.9 Å². The van der Waals surface area contributed by atoms with Gasteiger partial charge in [-0.05, 0) is 30.9 Å². The van der Waals surface area contributed by atoms with Crippen LogP contribution in [0.15, 0.2) is 24.3 Å². The summed E-state index contributed by atoms with van der Waals surface area (Å²) in [6, 6.07) is 8.33. The van der Waals surface area contributed by atoms with Gasteiger partial charge in [-0.1, -0.05) is 31.0 Å². The van der Waals surface area contributed by atoms with Crippen LogP contribution in [0.2, 0.25) is 0 Å². The highest BCUT2D eigenvalue weighted by Crippen LogP contribution is 2.37. The van der Waals surface area contributed by atoms with Gasteiger partial charge in [0.2, 0.25) is 5.91 Å². The molecule has 0 aromatic heterocycles. The third-order valence-corrected chi connectivity index (χ3v) is 4.92. The molecule has 1 aromatic rings. The van der Waals surface area contributed by atoms with Crippen LogP contribution in [0.5, 0.6) is 0 Å². The van der Waals surface area contributed by atoms with E-state index in [1.165, 1.54) is 18.4 Å². The summed E-state index contributed by atoms with van der Waals surface area (Å²) >= 11 is 0. The fourth-order valence-corrected chi connectivity index (χ4v) is 3.71. The van der Waals surface area contributed by atoms with Gasteiger partial charge in [-0.25, -0.2) is 4.79 Å². The number of urea groups is 1. The Kier molecular flexibility index (Phi) is 4.84. The molecule has 3 amide bonds. The summed E-state index contributed by atoms with van der Waals surface area (Å²) in [4.78, 5) is 25.5. The van der Waals surface area contributed by atoms with Crippen molar-refractivity contribution >= 4 is 17.6 Å². The van der Waals surface area contributed by atoms with Crippen LogP contribution < -0.4 is 15.5 Å². The molecule has 2 N–H and O–H groups in total. The Morgan fingerprint density at radius 1 is 1.22 bits per heavy atom. The van der Waals surface area contributed by atoms with E-state index >= 15 is 0 Å². The van der Waals surface area contributed by atoms with Crippen molar-refractivity contribution in [2.45, 2.75) is 51.0 Å². The maximum atomic E-state index is 11.9. The number of amides is 3. The maximum absolute atomic E-state index is 11.9. The summed E-state index contributed by atoms with van der Waals surface area (Å²) < 4.78 is 0. The minimum Gasteiger partial charge on any atom is -0.338 e. The molecule has 1 aliphatic heterocycles. The van der Waals surface area contributed by atoms with E-state index in [1.807, 2.05) is 23.1 Å². The monoisotopic (exact) mass is 315 g/mol. The number of fused-ring (bicyclic) bond motifs is 1. The third kappa shape index (κ3) is 3.66. The van der Waals surface area contributed by atoms with Crippen LogP contribution in [-0.2, 0) is 4.79 Å². The lowest BCUT2D eigenvalue weighted by Gasteiger charge is -2.16. The Morgan fingerprint density at radius 3 is 2.70 bits per heavy atom. The number of hydrogen-bond acceptors (Lipinski definition) is 2. The van der Waals surface area contributed by atoms with Crippen LogP contribution in [0.4, 0.5) is 10.5 Å². The Bertz CT molecular complexity index is 581. The molecule has 1 aliphatic carbocycles. The highest BCUT2D eigenvalue weighted by Gasteiger charge is 2.30. The van der Waals surface area contributed by atoms with E-state index in [2.05, 4.69) is 16.7 Å². The lowest BCUT2D eigenvalue weighted by Crippen LogP contribution is -2.41. The largest absolute Gasteiger partial charge is 0.338 e. The molecule has 0 radical (unpaired) electrons. The van der Waals surface area contributed by atoms with Crippen molar-refractivity contribution in [3.05, 3.63) is 29.8 Å². The van der Waals surface area contributed by atoms with Crippen LogP contribution in [0.3, 0.4) is 0 Å². The maximum Gasteiger partial charge on any atom is 0.315 e. The number of hydrogen-bond donors (Lipinski definition) is 2. The van der Waals surface area contributed by atoms with Gasteiger partial charge in [0.25, 0.3) is 0 Å². The van der Waals surface area contributed by atoms with Gasteiger partial charge in [-0.3, -0.25) is 4.79 Å². The van der Waals surface area contributed by atoms with Crippen molar-refractivity contribution in [2.75, 3.05) is 18.0 Å². The fraction of sp³-hybridized carbons (Fsp3) is 0.556. The van der Waals surface area contributed by atoms with Crippen molar-refractivity contribution in [1.82, 2.24) is 10.6 Å². The second kappa shape index (κ2) is 7.02. The lowest BCUT2D eigenvalue weighted by atomic mass is 9.98. The first-order valence-corrected chi connectivity index (χ1v) is 8.56. The van der Waals surface area contributed by atoms with Crippen molar-refractivity contribution in [1.29, 1.82) is 0 Å². The Morgan fingerprint density at radius 2 is 1.96 bits per heavy atom. The number of anilines is 1. The van der Waals surface area contributed by atoms with Crippen LogP contribution in [-0.4, -0.2) is 31.1 Å². The summed E-state index contributed by atoms with van der Waals surface area (Å²) in [6.07, 6.45) is 5.46. The zero-order valence-corrected chi connectivity index (χ0v) is 13.7. The number of carbonyl (C=O) groups is 2. The second-order valence-electron chi connectivity index (χ2n) is 6.56. The van der Waals surface area contributed by atoms with Gasteiger partial charge >= 0.3 is 6.03 Å². The second-order valence-corrected chi connectivity index (χ2v) is 6.56. The quantitative estimate of drug-likeness (QED) is 0.897. The molecule has 5 heteroatoms. The fourth-order valence-electron chi connectivity index (χ4n) is 3.71. The summed E-state index contributed by atoms with van der Waals surface area (Å²) in [5.74, 6) is 0.369. The van der Waals surface area contributed by atoms with Gasteiger partial charge in [0.15, 0.2) is 0 Å². The zero-order valence-electron chi connectivity index (χ0n) is 13.7. The van der Waals surface area contributed by atoms with E-state index < -0.39 is 0 Å². The molecule has 0 saturated heterocycles. The van der Waals surface area contributed by atoms with Gasteiger partial charge in [-0.2, -0.15) is 0 Å². The Balaban J connectivity index is 1.50. The first-order valence-electron chi connectivity index (χ1n) is 8.56. The predicted octanol–water partition coefficient (Wildman–Crippen LogP) is 2.77. The molecule has 0 spiro atoms. The van der Waals surface area contributed by atoms with Gasteiger partial charge in [0.1, 0.15) is 0 Å². The minimum atomic E-state index is -0.0633. The summed E-state index contributed by atoms with van der Waals surface area (Å²) in [5.41, 5.74) is 2.22. The van der Waals surface area contributed by atoms with Crippen molar-refractivity contribution in [3.8, 4) is 0 Å². The molecular weight excluding hydrogens is 290 g/mol. The Labute approximate surface area is 137 Å². The molecule has 1 aromatic carbocycles. The van der Waals surface area contributed by atoms with E-state index in [1.54, 1.807) is 6.92 Å². The molecule has 1 fully saturated rings. The van der Waals surface area contributed by atoms with Crippen LogP contribution in [0.1, 0.15) is 50.5 Å². The summed E-state index contributed by atoms with van der Waals surface area (Å²) in [7, 11) is 0. The molecule has 1 heterocycles. The first-order chi connectivity index (χ1) is 11.1. The van der Waals surface area contributed by atoms with Gasteiger partial charge in [0, 0.05) is 37.7 Å². The number of nitrogens with zero attached hydrogens (tertiary/aromatic N) is 1. The molecule has 2 aliphatic rings. The van der Waals surface area contributed by atoms with Crippen LogP contribution in [0.25, 0.3) is 0 Å². The molecule has 23 heavy (non-hydrogen) atoms.